The lowest BCUT2D eigenvalue weighted by molar-refractivity contribution is 0.0950. The predicted molar refractivity (Wildman–Crippen MR) is 92.5 cm³/mol. The number of anilines is 1. The van der Waals surface area contributed by atoms with Crippen LogP contribution in [0.2, 0.25) is 0 Å². The van der Waals surface area contributed by atoms with Crippen molar-refractivity contribution < 1.29 is 14.3 Å². The summed E-state index contributed by atoms with van der Waals surface area (Å²) in [5.41, 5.74) is 1.71. The van der Waals surface area contributed by atoms with Gasteiger partial charge in [0.1, 0.15) is 5.75 Å². The molecule has 2 amide bonds. The van der Waals surface area contributed by atoms with Crippen LogP contribution in [0.5, 0.6) is 5.75 Å². The van der Waals surface area contributed by atoms with Crippen LogP contribution < -0.4 is 15.4 Å². The number of carbonyl (C=O) groups excluding carboxylic acids is 2. The van der Waals surface area contributed by atoms with Crippen LogP contribution in [0.3, 0.4) is 0 Å². The highest BCUT2D eigenvalue weighted by atomic mass is 16.5. The fourth-order valence-electron chi connectivity index (χ4n) is 2.34. The topological polar surface area (TPSA) is 67.4 Å². The highest BCUT2D eigenvalue weighted by Gasteiger charge is 2.23. The minimum absolute atomic E-state index is 0.0722. The minimum atomic E-state index is -0.241. The molecule has 5 nitrogen and oxygen atoms in total. The van der Waals surface area contributed by atoms with Crippen LogP contribution in [0.15, 0.2) is 48.5 Å². The lowest BCUT2D eigenvalue weighted by Crippen LogP contribution is -2.25. The van der Waals surface area contributed by atoms with Gasteiger partial charge in [-0.05, 0) is 56.2 Å². The Labute approximate surface area is 141 Å². The third-order valence-electron chi connectivity index (χ3n) is 3.75. The van der Waals surface area contributed by atoms with Crippen molar-refractivity contribution in [1.29, 1.82) is 0 Å². The number of rotatable bonds is 6. The maximum Gasteiger partial charge on any atom is 0.259 e. The van der Waals surface area contributed by atoms with Gasteiger partial charge in [-0.15, -0.1) is 0 Å². The molecule has 0 radical (unpaired) electrons. The van der Waals surface area contributed by atoms with E-state index in [2.05, 4.69) is 10.6 Å². The van der Waals surface area contributed by atoms with E-state index >= 15 is 0 Å². The van der Waals surface area contributed by atoms with Gasteiger partial charge in [0.25, 0.3) is 11.8 Å². The summed E-state index contributed by atoms with van der Waals surface area (Å²) in [6, 6.07) is 14.3. The zero-order chi connectivity index (χ0) is 16.9. The Kier molecular flexibility index (Phi) is 4.79. The van der Waals surface area contributed by atoms with Crippen molar-refractivity contribution in [2.24, 2.45) is 0 Å². The van der Waals surface area contributed by atoms with Crippen LogP contribution >= 0.6 is 0 Å². The van der Waals surface area contributed by atoms with Crippen molar-refractivity contribution in [1.82, 2.24) is 5.32 Å². The maximum absolute atomic E-state index is 12.4. The van der Waals surface area contributed by atoms with Crippen molar-refractivity contribution in [2.45, 2.75) is 25.8 Å². The van der Waals surface area contributed by atoms with Gasteiger partial charge in [-0.2, -0.15) is 0 Å². The lowest BCUT2D eigenvalue weighted by Gasteiger charge is -2.11. The van der Waals surface area contributed by atoms with E-state index in [0.29, 0.717) is 35.2 Å². The summed E-state index contributed by atoms with van der Waals surface area (Å²) in [6.07, 6.45) is 2.11. The highest BCUT2D eigenvalue weighted by molar-refractivity contribution is 6.06. The number of carbonyl (C=O) groups is 2. The molecule has 1 saturated carbocycles. The van der Waals surface area contributed by atoms with Crippen molar-refractivity contribution in [3.8, 4) is 5.75 Å². The molecule has 1 aliphatic carbocycles. The van der Waals surface area contributed by atoms with E-state index in [4.69, 9.17) is 4.74 Å². The van der Waals surface area contributed by atoms with E-state index in [1.807, 2.05) is 13.0 Å². The van der Waals surface area contributed by atoms with E-state index in [0.717, 1.165) is 12.8 Å². The number of ether oxygens (including phenoxy) is 1. The lowest BCUT2D eigenvalue weighted by atomic mass is 10.1. The van der Waals surface area contributed by atoms with Gasteiger partial charge in [-0.1, -0.05) is 12.1 Å². The largest absolute Gasteiger partial charge is 0.493 e. The van der Waals surface area contributed by atoms with Gasteiger partial charge in [-0.3, -0.25) is 9.59 Å². The summed E-state index contributed by atoms with van der Waals surface area (Å²) in [5, 5.41) is 5.76. The maximum atomic E-state index is 12.4. The Morgan fingerprint density at radius 2 is 1.75 bits per heavy atom. The molecule has 1 fully saturated rings. The highest BCUT2D eigenvalue weighted by Crippen LogP contribution is 2.21. The van der Waals surface area contributed by atoms with E-state index in [-0.39, 0.29) is 11.8 Å². The molecule has 0 aliphatic heterocycles. The van der Waals surface area contributed by atoms with Crippen LogP contribution in [0.4, 0.5) is 5.69 Å². The fourth-order valence-corrected chi connectivity index (χ4v) is 2.34. The second kappa shape index (κ2) is 7.17. The smallest absolute Gasteiger partial charge is 0.259 e. The molecule has 24 heavy (non-hydrogen) atoms. The summed E-state index contributed by atoms with van der Waals surface area (Å²) in [5.74, 6) is 0.240. The zero-order valence-corrected chi connectivity index (χ0v) is 13.5. The second-order valence-corrected chi connectivity index (χ2v) is 5.71. The standard InChI is InChI=1S/C19H20N2O3/c1-2-24-17-6-4-3-5-16(17)19(23)21-14-9-7-13(8-10-14)18(22)20-15-11-12-15/h3-10,15H,2,11-12H2,1H3,(H,20,22)(H,21,23). The molecule has 0 bridgehead atoms. The van der Waals surface area contributed by atoms with Crippen LogP contribution in [-0.2, 0) is 0 Å². The monoisotopic (exact) mass is 324 g/mol. The molecular weight excluding hydrogens is 304 g/mol. The molecule has 2 aromatic carbocycles. The first-order valence-corrected chi connectivity index (χ1v) is 8.11. The number of amides is 2. The Bertz CT molecular complexity index is 737. The molecule has 2 N–H and O–H groups in total. The average Bonchev–Trinajstić information content (AvgIpc) is 3.40. The van der Waals surface area contributed by atoms with Crippen LogP contribution in [0.25, 0.3) is 0 Å². The second-order valence-electron chi connectivity index (χ2n) is 5.71. The minimum Gasteiger partial charge on any atom is -0.493 e. The van der Waals surface area contributed by atoms with Gasteiger partial charge in [0.2, 0.25) is 0 Å². The SMILES string of the molecule is CCOc1ccccc1C(=O)Nc1ccc(C(=O)NC2CC2)cc1. The Balaban J connectivity index is 1.67. The number of hydrogen-bond donors (Lipinski definition) is 2. The normalized spacial score (nSPS) is 13.2. The summed E-state index contributed by atoms with van der Waals surface area (Å²) in [7, 11) is 0. The van der Waals surface area contributed by atoms with Gasteiger partial charge in [0.15, 0.2) is 0 Å². The van der Waals surface area contributed by atoms with Gasteiger partial charge >= 0.3 is 0 Å². The Morgan fingerprint density at radius 1 is 1.04 bits per heavy atom. The summed E-state index contributed by atoms with van der Waals surface area (Å²) in [6.45, 7) is 2.37. The van der Waals surface area contributed by atoms with E-state index in [9.17, 15) is 9.59 Å². The molecule has 0 spiro atoms. The van der Waals surface area contributed by atoms with E-state index in [1.165, 1.54) is 0 Å². The molecule has 3 rings (SSSR count). The first kappa shape index (κ1) is 16.1. The molecule has 0 aromatic heterocycles. The number of benzene rings is 2. The molecule has 1 aliphatic rings. The summed E-state index contributed by atoms with van der Waals surface area (Å²) in [4.78, 5) is 24.4. The van der Waals surface area contributed by atoms with Gasteiger partial charge in [0, 0.05) is 17.3 Å². The Hall–Kier alpha value is -2.82. The van der Waals surface area contributed by atoms with E-state index < -0.39 is 0 Å². The van der Waals surface area contributed by atoms with Crippen LogP contribution in [-0.4, -0.2) is 24.5 Å². The molecular formula is C19H20N2O3. The molecule has 124 valence electrons. The van der Waals surface area contributed by atoms with Crippen LogP contribution in [0, 0.1) is 0 Å². The predicted octanol–water partition coefficient (Wildman–Crippen LogP) is 3.23. The third kappa shape index (κ3) is 3.93. The third-order valence-corrected chi connectivity index (χ3v) is 3.75. The molecule has 0 atom stereocenters. The van der Waals surface area contributed by atoms with Crippen molar-refractivity contribution in [3.05, 3.63) is 59.7 Å². The van der Waals surface area contributed by atoms with Gasteiger partial charge < -0.3 is 15.4 Å². The van der Waals surface area contributed by atoms with Gasteiger partial charge in [-0.25, -0.2) is 0 Å². The molecule has 2 aromatic rings. The number of para-hydroxylation sites is 1. The number of nitrogens with one attached hydrogen (secondary N) is 2. The zero-order valence-electron chi connectivity index (χ0n) is 13.5. The summed E-state index contributed by atoms with van der Waals surface area (Å²) < 4.78 is 5.48. The summed E-state index contributed by atoms with van der Waals surface area (Å²) >= 11 is 0. The van der Waals surface area contributed by atoms with Crippen molar-refractivity contribution >= 4 is 17.5 Å². The first-order valence-electron chi connectivity index (χ1n) is 8.11. The quantitative estimate of drug-likeness (QED) is 0.857. The van der Waals surface area contributed by atoms with Crippen molar-refractivity contribution in [3.63, 3.8) is 0 Å². The van der Waals surface area contributed by atoms with Gasteiger partial charge in [0.05, 0.1) is 12.2 Å². The van der Waals surface area contributed by atoms with E-state index in [1.54, 1.807) is 42.5 Å². The van der Waals surface area contributed by atoms with Crippen LogP contribution in [0.1, 0.15) is 40.5 Å². The molecule has 5 heteroatoms. The molecule has 0 saturated heterocycles. The molecule has 0 unspecified atom stereocenters. The molecule has 0 heterocycles. The van der Waals surface area contributed by atoms with Crippen molar-refractivity contribution in [2.75, 3.05) is 11.9 Å². The number of hydrogen-bond acceptors (Lipinski definition) is 3. The average molecular weight is 324 g/mol. The fraction of sp³-hybridized carbons (Fsp3) is 0.263. The first-order chi connectivity index (χ1) is 11.7. The Morgan fingerprint density at radius 3 is 2.42 bits per heavy atom.